The van der Waals surface area contributed by atoms with Gasteiger partial charge in [0, 0.05) is 11.6 Å². The third kappa shape index (κ3) is 3.21. The van der Waals surface area contributed by atoms with Gasteiger partial charge in [-0.1, -0.05) is 0 Å². The molecule has 0 bridgehead atoms. The monoisotopic (exact) mass is 308 g/mol. The minimum absolute atomic E-state index is 0.341. The van der Waals surface area contributed by atoms with Crippen LogP contribution < -0.4 is 5.73 Å². The second kappa shape index (κ2) is 5.95. The largest absolute Gasteiger partial charge is 0.505 e. The molecule has 0 amide bonds. The summed E-state index contributed by atoms with van der Waals surface area (Å²) in [7, 11) is 0. The normalized spacial score (nSPS) is 12.8. The number of halogens is 3. The summed E-state index contributed by atoms with van der Waals surface area (Å²) in [5.74, 6) is -9.08. The summed E-state index contributed by atoms with van der Waals surface area (Å²) in [5, 5.41) is 19.9. The van der Waals surface area contributed by atoms with Crippen LogP contribution >= 0.6 is 0 Å². The van der Waals surface area contributed by atoms with E-state index in [2.05, 4.69) is 4.74 Å². The van der Waals surface area contributed by atoms with Crippen molar-refractivity contribution in [1.82, 2.24) is 0 Å². The average molecular weight is 308 g/mol. The number of aromatic hydroxyl groups is 1. The first-order valence-corrected chi connectivity index (χ1v) is 5.60. The second-order valence-electron chi connectivity index (χ2n) is 3.94. The van der Waals surface area contributed by atoms with E-state index in [4.69, 9.17) is 5.73 Å². The summed E-state index contributed by atoms with van der Waals surface area (Å²) in [6, 6.07) is -1.70. The highest BCUT2D eigenvalue weighted by atomic mass is 19.3. The minimum Gasteiger partial charge on any atom is -0.505 e. The fraction of sp³-hybridized carbons (Fsp3) is 0.364. The number of ether oxygens (including phenoxy) is 1. The molecule has 0 aliphatic heterocycles. The maximum absolute atomic E-state index is 13.7. The lowest BCUT2D eigenvalue weighted by molar-refractivity contribution is -0.385. The van der Waals surface area contributed by atoms with Gasteiger partial charge in [0.1, 0.15) is 6.04 Å². The zero-order valence-electron chi connectivity index (χ0n) is 10.7. The van der Waals surface area contributed by atoms with Gasteiger partial charge in [0.25, 0.3) is 5.69 Å². The third-order valence-electron chi connectivity index (χ3n) is 2.56. The number of nitro benzene ring substituents is 1. The molecule has 0 aliphatic carbocycles. The van der Waals surface area contributed by atoms with E-state index in [1.807, 2.05) is 0 Å². The molecule has 0 heterocycles. The van der Waals surface area contributed by atoms with Crippen LogP contribution in [0.1, 0.15) is 18.5 Å². The molecule has 116 valence electrons. The number of hydrogen-bond acceptors (Lipinski definition) is 6. The molecule has 1 atom stereocenters. The predicted molar refractivity (Wildman–Crippen MR) is 63.2 cm³/mol. The lowest BCUT2D eigenvalue weighted by Crippen LogP contribution is -2.41. The summed E-state index contributed by atoms with van der Waals surface area (Å²) < 4.78 is 44.9. The van der Waals surface area contributed by atoms with Crippen LogP contribution in [0.3, 0.4) is 0 Å². The number of carbonyl (C=O) groups excluding carboxylic acids is 1. The average Bonchev–Trinajstić information content (AvgIpc) is 2.40. The first-order valence-electron chi connectivity index (χ1n) is 5.60. The van der Waals surface area contributed by atoms with Crippen molar-refractivity contribution in [2.45, 2.75) is 18.9 Å². The SMILES string of the molecule is CCOC(=O)C(F)(F)[C@H](N)c1cc([N+](=O)[O-])cc(F)c1O. The van der Waals surface area contributed by atoms with Gasteiger partial charge in [-0.3, -0.25) is 10.1 Å². The molecule has 0 saturated carbocycles. The van der Waals surface area contributed by atoms with Gasteiger partial charge in [-0.25, -0.2) is 9.18 Å². The van der Waals surface area contributed by atoms with Gasteiger partial charge >= 0.3 is 11.9 Å². The Balaban J connectivity index is 3.32. The molecule has 0 aliphatic rings. The Morgan fingerprint density at radius 3 is 2.62 bits per heavy atom. The Hall–Kier alpha value is -2.36. The molecule has 7 nitrogen and oxygen atoms in total. The number of nitrogens with two attached hydrogens (primary N) is 1. The Morgan fingerprint density at radius 2 is 2.14 bits per heavy atom. The summed E-state index contributed by atoms with van der Waals surface area (Å²) in [4.78, 5) is 20.6. The number of carbonyl (C=O) groups is 1. The van der Waals surface area contributed by atoms with Crippen molar-refractivity contribution in [3.8, 4) is 5.75 Å². The van der Waals surface area contributed by atoms with Crippen LogP contribution in [0.25, 0.3) is 0 Å². The van der Waals surface area contributed by atoms with Crippen LogP contribution in [0.4, 0.5) is 18.9 Å². The van der Waals surface area contributed by atoms with Gasteiger partial charge in [-0.15, -0.1) is 0 Å². The number of phenols is 1. The van der Waals surface area contributed by atoms with Crippen LogP contribution in [0.5, 0.6) is 5.75 Å². The van der Waals surface area contributed by atoms with Crippen molar-refractivity contribution >= 4 is 11.7 Å². The van der Waals surface area contributed by atoms with Crippen LogP contribution in [-0.2, 0) is 9.53 Å². The Kier molecular flexibility index (Phi) is 4.73. The summed E-state index contributed by atoms with van der Waals surface area (Å²) in [6.07, 6.45) is 0. The van der Waals surface area contributed by atoms with E-state index in [0.717, 1.165) is 0 Å². The number of rotatable bonds is 5. The van der Waals surface area contributed by atoms with Gasteiger partial charge in [0.2, 0.25) is 0 Å². The highest BCUT2D eigenvalue weighted by Crippen LogP contribution is 2.38. The van der Waals surface area contributed by atoms with Crippen molar-refractivity contribution in [1.29, 1.82) is 0 Å². The molecule has 0 saturated heterocycles. The molecule has 1 rings (SSSR count). The van der Waals surface area contributed by atoms with Gasteiger partial charge in [-0.2, -0.15) is 8.78 Å². The van der Waals surface area contributed by atoms with Gasteiger partial charge in [-0.05, 0) is 6.92 Å². The first kappa shape index (κ1) is 16.7. The standard InChI is InChI=1S/C11H11F3N2O5/c1-2-21-10(18)11(13,14)9(15)6-3-5(16(19)20)4-7(12)8(6)17/h3-4,9,17H,2,15H2,1H3/t9-/m1/s1. The summed E-state index contributed by atoms with van der Waals surface area (Å²) in [6.45, 7) is 0.931. The zero-order chi connectivity index (χ0) is 16.4. The molecule has 3 N–H and O–H groups in total. The van der Waals surface area contributed by atoms with Crippen molar-refractivity contribution < 1.29 is 32.7 Å². The van der Waals surface area contributed by atoms with E-state index in [1.165, 1.54) is 6.92 Å². The molecule has 0 unspecified atom stereocenters. The molecule has 0 radical (unpaired) electrons. The molecule has 1 aromatic rings. The van der Waals surface area contributed by atoms with Crippen LogP contribution in [0, 0.1) is 15.9 Å². The Labute approximate surface area is 116 Å². The van der Waals surface area contributed by atoms with Crippen molar-refractivity contribution in [3.63, 3.8) is 0 Å². The lowest BCUT2D eigenvalue weighted by Gasteiger charge is -2.22. The highest BCUT2D eigenvalue weighted by molar-refractivity contribution is 5.79. The smallest absolute Gasteiger partial charge is 0.379 e. The minimum atomic E-state index is -4.30. The Bertz CT molecular complexity index is 579. The molecule has 21 heavy (non-hydrogen) atoms. The van der Waals surface area contributed by atoms with E-state index in [9.17, 15) is 33.2 Å². The van der Waals surface area contributed by atoms with Crippen LogP contribution in [-0.4, -0.2) is 28.5 Å². The van der Waals surface area contributed by atoms with Crippen LogP contribution in [0.2, 0.25) is 0 Å². The zero-order valence-corrected chi connectivity index (χ0v) is 10.7. The number of benzene rings is 1. The van der Waals surface area contributed by atoms with Crippen molar-refractivity contribution in [3.05, 3.63) is 33.6 Å². The number of hydrogen-bond donors (Lipinski definition) is 2. The number of nitro groups is 1. The maximum Gasteiger partial charge on any atom is 0.379 e. The van der Waals surface area contributed by atoms with Crippen LogP contribution in [0.15, 0.2) is 12.1 Å². The number of esters is 1. The van der Waals surface area contributed by atoms with E-state index in [0.29, 0.717) is 12.1 Å². The fourth-order valence-corrected chi connectivity index (χ4v) is 1.50. The topological polar surface area (TPSA) is 116 Å². The number of non-ortho nitro benzene ring substituents is 1. The molecule has 0 spiro atoms. The maximum atomic E-state index is 13.7. The van der Waals surface area contributed by atoms with E-state index in [-0.39, 0.29) is 6.61 Å². The summed E-state index contributed by atoms with van der Waals surface area (Å²) >= 11 is 0. The molecule has 1 aromatic carbocycles. The van der Waals surface area contributed by atoms with Gasteiger partial charge < -0.3 is 15.6 Å². The second-order valence-corrected chi connectivity index (χ2v) is 3.94. The highest BCUT2D eigenvalue weighted by Gasteiger charge is 2.49. The molecular formula is C11H11F3N2O5. The first-order chi connectivity index (χ1) is 9.62. The number of alkyl halides is 2. The third-order valence-corrected chi connectivity index (χ3v) is 2.56. The van der Waals surface area contributed by atoms with E-state index >= 15 is 0 Å². The lowest BCUT2D eigenvalue weighted by atomic mass is 9.99. The number of nitrogens with zero attached hydrogens (tertiary/aromatic N) is 1. The van der Waals surface area contributed by atoms with Gasteiger partial charge in [0.15, 0.2) is 11.6 Å². The van der Waals surface area contributed by atoms with Gasteiger partial charge in [0.05, 0.1) is 17.6 Å². The molecule has 10 heteroatoms. The van der Waals surface area contributed by atoms with Crippen molar-refractivity contribution in [2.75, 3.05) is 6.61 Å². The van der Waals surface area contributed by atoms with E-state index in [1.54, 1.807) is 0 Å². The molecule has 0 aromatic heterocycles. The molecule has 0 fully saturated rings. The quantitative estimate of drug-likeness (QED) is 0.485. The molecular weight excluding hydrogens is 297 g/mol. The van der Waals surface area contributed by atoms with Crippen molar-refractivity contribution in [2.24, 2.45) is 5.73 Å². The fourth-order valence-electron chi connectivity index (χ4n) is 1.50. The summed E-state index contributed by atoms with van der Waals surface area (Å²) in [5.41, 5.74) is 3.28. The number of phenolic OH excluding ortho intramolecular Hbond substituents is 1. The van der Waals surface area contributed by atoms with E-state index < -0.39 is 45.7 Å². The Morgan fingerprint density at radius 1 is 1.57 bits per heavy atom. The predicted octanol–water partition coefficient (Wildman–Crippen LogP) is 1.64.